The molecule has 0 unspecified atom stereocenters. The van der Waals surface area contributed by atoms with Gasteiger partial charge in [0.2, 0.25) is 5.91 Å². The average molecular weight is 435 g/mol. The molecule has 0 aliphatic heterocycles. The first-order valence-corrected chi connectivity index (χ1v) is 11.9. The minimum absolute atomic E-state index is 0.0183. The highest BCUT2D eigenvalue weighted by Gasteiger charge is 2.42. The molecule has 5 rings (SSSR count). The zero-order valence-corrected chi connectivity index (χ0v) is 18.3. The molecule has 4 atom stereocenters. The number of hydrogen-bond donors (Lipinski definition) is 1. The van der Waals surface area contributed by atoms with Gasteiger partial charge in [-0.15, -0.1) is 0 Å². The molecule has 3 aromatic rings. The molecule has 7 heteroatoms. The smallest absolute Gasteiger partial charge is 0.268 e. The topological polar surface area (TPSA) is 76.9 Å². The molecule has 2 saturated carbocycles. The van der Waals surface area contributed by atoms with Crippen LogP contribution in [0.15, 0.2) is 58.6 Å². The van der Waals surface area contributed by atoms with E-state index in [9.17, 15) is 9.59 Å². The van der Waals surface area contributed by atoms with Crippen LogP contribution in [0.4, 0.5) is 0 Å². The Morgan fingerprint density at radius 1 is 1.19 bits per heavy atom. The first-order chi connectivity index (χ1) is 15.1. The Labute approximate surface area is 185 Å². The van der Waals surface area contributed by atoms with Crippen LogP contribution in [0.25, 0.3) is 16.7 Å². The van der Waals surface area contributed by atoms with Gasteiger partial charge in [-0.25, -0.2) is 9.97 Å². The summed E-state index contributed by atoms with van der Waals surface area (Å²) >= 11 is 1.28. The van der Waals surface area contributed by atoms with E-state index in [1.165, 1.54) is 37.4 Å². The SMILES string of the molecule is C[C@H](NC(=O)CSc1nc2ncccc2c(=O)n1-c1ccccc1)[C@@H]1C[C@H]2CC[C@H]1C2. The molecule has 2 aliphatic carbocycles. The van der Waals surface area contributed by atoms with E-state index in [0.717, 1.165) is 17.5 Å². The van der Waals surface area contributed by atoms with Crippen molar-refractivity contribution in [2.24, 2.45) is 17.8 Å². The maximum absolute atomic E-state index is 13.2. The summed E-state index contributed by atoms with van der Waals surface area (Å²) in [5.41, 5.74) is 0.949. The molecule has 2 aliphatic rings. The first kappa shape index (κ1) is 20.2. The summed E-state index contributed by atoms with van der Waals surface area (Å²) in [6, 6.07) is 13.1. The van der Waals surface area contributed by atoms with E-state index in [1.54, 1.807) is 22.9 Å². The number of amides is 1. The summed E-state index contributed by atoms with van der Waals surface area (Å²) < 4.78 is 1.57. The number of benzene rings is 1. The second-order valence-electron chi connectivity index (χ2n) is 8.73. The minimum Gasteiger partial charge on any atom is -0.353 e. The van der Waals surface area contributed by atoms with Gasteiger partial charge in [0.05, 0.1) is 16.8 Å². The summed E-state index contributed by atoms with van der Waals surface area (Å²) in [7, 11) is 0. The monoisotopic (exact) mass is 434 g/mol. The summed E-state index contributed by atoms with van der Waals surface area (Å²) in [4.78, 5) is 34.8. The third kappa shape index (κ3) is 3.99. The molecule has 1 N–H and O–H groups in total. The van der Waals surface area contributed by atoms with Crippen LogP contribution in [0.2, 0.25) is 0 Å². The van der Waals surface area contributed by atoms with Crippen molar-refractivity contribution in [3.63, 3.8) is 0 Å². The summed E-state index contributed by atoms with van der Waals surface area (Å²) in [6.07, 6.45) is 6.86. The quantitative estimate of drug-likeness (QED) is 0.472. The fourth-order valence-electron chi connectivity index (χ4n) is 5.34. The molecular formula is C24H26N4O2S. The van der Waals surface area contributed by atoms with E-state index in [4.69, 9.17) is 0 Å². The maximum atomic E-state index is 13.2. The highest BCUT2D eigenvalue weighted by atomic mass is 32.2. The van der Waals surface area contributed by atoms with Crippen molar-refractivity contribution in [1.82, 2.24) is 19.9 Å². The van der Waals surface area contributed by atoms with Crippen LogP contribution in [-0.4, -0.2) is 32.2 Å². The number of rotatable bonds is 6. The number of pyridine rings is 1. The van der Waals surface area contributed by atoms with Crippen LogP contribution in [0.3, 0.4) is 0 Å². The van der Waals surface area contributed by atoms with E-state index >= 15 is 0 Å². The number of thioether (sulfide) groups is 1. The fraction of sp³-hybridized carbons (Fsp3) is 0.417. The fourth-order valence-corrected chi connectivity index (χ4v) is 6.15. The number of nitrogens with zero attached hydrogens (tertiary/aromatic N) is 3. The van der Waals surface area contributed by atoms with Gasteiger partial charge in [0.1, 0.15) is 0 Å². The lowest BCUT2D eigenvalue weighted by atomic mass is 9.84. The lowest BCUT2D eigenvalue weighted by Crippen LogP contribution is -2.41. The van der Waals surface area contributed by atoms with Crippen molar-refractivity contribution >= 4 is 28.7 Å². The predicted molar refractivity (Wildman–Crippen MR) is 122 cm³/mol. The van der Waals surface area contributed by atoms with Crippen LogP contribution in [-0.2, 0) is 4.79 Å². The van der Waals surface area contributed by atoms with Crippen LogP contribution in [0.5, 0.6) is 0 Å². The second-order valence-corrected chi connectivity index (χ2v) is 9.67. The van der Waals surface area contributed by atoms with Crippen LogP contribution >= 0.6 is 11.8 Å². The van der Waals surface area contributed by atoms with Crippen molar-refractivity contribution < 1.29 is 4.79 Å². The highest BCUT2D eigenvalue weighted by Crippen LogP contribution is 2.49. The Bertz CT molecular complexity index is 1160. The van der Waals surface area contributed by atoms with Crippen molar-refractivity contribution in [3.8, 4) is 5.69 Å². The van der Waals surface area contributed by atoms with Gasteiger partial charge >= 0.3 is 0 Å². The molecule has 2 fully saturated rings. The largest absolute Gasteiger partial charge is 0.353 e. The van der Waals surface area contributed by atoms with E-state index in [-0.39, 0.29) is 23.3 Å². The molecule has 2 aromatic heterocycles. The normalized spacial score (nSPS) is 23.2. The van der Waals surface area contributed by atoms with Gasteiger partial charge in [0.15, 0.2) is 10.8 Å². The van der Waals surface area contributed by atoms with Gasteiger partial charge in [0, 0.05) is 12.2 Å². The van der Waals surface area contributed by atoms with Crippen LogP contribution < -0.4 is 10.9 Å². The van der Waals surface area contributed by atoms with Crippen LogP contribution in [0.1, 0.15) is 32.6 Å². The maximum Gasteiger partial charge on any atom is 0.268 e. The third-order valence-corrected chi connectivity index (χ3v) is 7.72. The lowest BCUT2D eigenvalue weighted by molar-refractivity contribution is -0.119. The lowest BCUT2D eigenvalue weighted by Gasteiger charge is -2.28. The summed E-state index contributed by atoms with van der Waals surface area (Å²) in [5.74, 6) is 2.42. The van der Waals surface area contributed by atoms with Crippen molar-refractivity contribution in [1.29, 1.82) is 0 Å². The Morgan fingerprint density at radius 2 is 2.03 bits per heavy atom. The Kier molecular flexibility index (Phi) is 5.52. The van der Waals surface area contributed by atoms with E-state index in [0.29, 0.717) is 22.1 Å². The molecule has 0 spiro atoms. The number of nitrogens with one attached hydrogen (secondary N) is 1. The van der Waals surface area contributed by atoms with Gasteiger partial charge in [-0.3, -0.25) is 14.2 Å². The number of aromatic nitrogens is 3. The molecule has 0 radical (unpaired) electrons. The summed E-state index contributed by atoms with van der Waals surface area (Å²) in [6.45, 7) is 2.13. The van der Waals surface area contributed by atoms with Gasteiger partial charge in [-0.2, -0.15) is 0 Å². The van der Waals surface area contributed by atoms with Crippen molar-refractivity contribution in [2.75, 3.05) is 5.75 Å². The Morgan fingerprint density at radius 3 is 2.77 bits per heavy atom. The molecule has 1 amide bonds. The summed E-state index contributed by atoms with van der Waals surface area (Å²) in [5, 5.41) is 4.14. The molecule has 6 nitrogen and oxygen atoms in total. The van der Waals surface area contributed by atoms with Crippen LogP contribution in [0, 0.1) is 17.8 Å². The number of carbonyl (C=O) groups excluding carboxylic acids is 1. The van der Waals surface area contributed by atoms with Crippen molar-refractivity contribution in [3.05, 3.63) is 59.0 Å². The highest BCUT2D eigenvalue weighted by molar-refractivity contribution is 7.99. The molecule has 1 aromatic carbocycles. The third-order valence-electron chi connectivity index (χ3n) is 6.78. The molecule has 31 heavy (non-hydrogen) atoms. The van der Waals surface area contributed by atoms with Gasteiger partial charge in [-0.1, -0.05) is 36.4 Å². The van der Waals surface area contributed by atoms with E-state index in [2.05, 4.69) is 22.2 Å². The molecular weight excluding hydrogens is 408 g/mol. The molecule has 2 bridgehead atoms. The first-order valence-electron chi connectivity index (χ1n) is 11.0. The number of para-hydroxylation sites is 1. The minimum atomic E-state index is -0.178. The van der Waals surface area contributed by atoms with Gasteiger partial charge in [0.25, 0.3) is 5.56 Å². The molecule has 0 saturated heterocycles. The predicted octanol–water partition coefficient (Wildman–Crippen LogP) is 3.81. The second kappa shape index (κ2) is 8.46. The Hall–Kier alpha value is -2.67. The zero-order valence-electron chi connectivity index (χ0n) is 17.5. The number of carbonyl (C=O) groups is 1. The standard InChI is InChI=1S/C24H26N4O2S/c1-15(20-13-16-9-10-17(20)12-16)26-21(29)14-31-24-27-22-19(8-5-11-25-22)23(30)28(24)18-6-3-2-4-7-18/h2-8,11,15-17,20H,9-10,12-14H2,1H3,(H,26,29)/t15-,16-,17-,20-/m0/s1. The van der Waals surface area contributed by atoms with E-state index in [1.807, 2.05) is 30.3 Å². The Balaban J connectivity index is 1.36. The molecule has 2 heterocycles. The van der Waals surface area contributed by atoms with Crippen molar-refractivity contribution in [2.45, 2.75) is 43.8 Å². The number of hydrogen-bond acceptors (Lipinski definition) is 5. The van der Waals surface area contributed by atoms with Gasteiger partial charge in [-0.05, 0) is 68.2 Å². The zero-order chi connectivity index (χ0) is 21.4. The van der Waals surface area contributed by atoms with E-state index < -0.39 is 0 Å². The van der Waals surface area contributed by atoms with Gasteiger partial charge < -0.3 is 5.32 Å². The average Bonchev–Trinajstić information content (AvgIpc) is 3.42. The number of fused-ring (bicyclic) bond motifs is 3. The molecule has 160 valence electrons.